The van der Waals surface area contributed by atoms with Crippen molar-refractivity contribution in [2.75, 3.05) is 152 Å². The van der Waals surface area contributed by atoms with Crippen LogP contribution in [0.25, 0.3) is 0 Å². The Bertz CT molecular complexity index is 1670. The van der Waals surface area contributed by atoms with Crippen LogP contribution in [0, 0.1) is 25.7 Å². The van der Waals surface area contributed by atoms with Crippen molar-refractivity contribution in [1.82, 2.24) is 9.88 Å². The highest BCUT2D eigenvalue weighted by atomic mass is 32.2. The first-order valence-corrected chi connectivity index (χ1v) is 33.9. The molecule has 2 fully saturated rings. The summed E-state index contributed by atoms with van der Waals surface area (Å²) in [5.41, 5.74) is 2.73. The van der Waals surface area contributed by atoms with Crippen LogP contribution in [0.4, 0.5) is 26.3 Å². The Balaban J connectivity index is -0.0000000596. The largest absolute Gasteiger partial charge is 0.388 e. The summed E-state index contributed by atoms with van der Waals surface area (Å²) in [5, 5.41) is 3.10. The number of alkyl halides is 6. The van der Waals surface area contributed by atoms with Gasteiger partial charge in [0.2, 0.25) is 5.92 Å². The summed E-state index contributed by atoms with van der Waals surface area (Å²) < 4.78 is 126. The first-order chi connectivity index (χ1) is 42.1. The number of methoxy groups -OCH3 is 11. The number of likely N-dealkylation sites (N-methyl/N-ethyl adjacent to an activating group) is 1. The van der Waals surface area contributed by atoms with E-state index in [4.69, 9.17) is 18.9 Å². The molecule has 570 valence electrons. The van der Waals surface area contributed by atoms with Gasteiger partial charge in [0.25, 0.3) is 0 Å². The number of hydrogen-bond donors (Lipinski definition) is 0. The molecule has 0 spiro atoms. The van der Waals surface area contributed by atoms with E-state index in [-0.39, 0.29) is 14.9 Å². The van der Waals surface area contributed by atoms with Crippen LogP contribution < -0.4 is 0 Å². The molecule has 1 aromatic heterocycles. The van der Waals surface area contributed by atoms with Crippen molar-refractivity contribution in [2.45, 2.75) is 207 Å². The summed E-state index contributed by atoms with van der Waals surface area (Å²) in [5.74, 6) is 2.56. The molecule has 0 saturated heterocycles. The van der Waals surface area contributed by atoms with Gasteiger partial charge in [-0.25, -0.2) is 17.6 Å². The second-order valence-corrected chi connectivity index (χ2v) is 25.3. The number of nitrogens with zero attached hydrogens (tertiary/aromatic N) is 2. The van der Waals surface area contributed by atoms with E-state index < -0.39 is 34.1 Å². The van der Waals surface area contributed by atoms with Crippen molar-refractivity contribution >= 4 is 26.7 Å². The SMILES string of the molecule is C.C.C=S(C)(C)=O.CC(C)(F)F.CC(C)C.CC(C)F.CCCC.CCc1ccccc1.COC.COC(C)(F)F.COC(C)C.COC(C)F.COC1CC1.COCC1CC1.COCCN(C)C.COCCOC.COCOC.Cc1ccccc1.Cc1nccs1. The smallest absolute Gasteiger partial charge is 0.352 e. The van der Waals surface area contributed by atoms with Gasteiger partial charge in [-0.05, 0) is 141 Å². The quantitative estimate of drug-likeness (QED) is 0.0582. The summed E-state index contributed by atoms with van der Waals surface area (Å²) in [6.07, 6.45) is 10.4. The zero-order valence-electron chi connectivity index (χ0n) is 63.7. The highest BCUT2D eigenvalue weighted by Crippen LogP contribution is 2.28. The Labute approximate surface area is 575 Å². The van der Waals surface area contributed by atoms with Crippen LogP contribution in [0.2, 0.25) is 0 Å². The summed E-state index contributed by atoms with van der Waals surface area (Å²) in [6.45, 7) is 32.4. The molecular weight excluding hydrogens is 1250 g/mol. The van der Waals surface area contributed by atoms with Crippen molar-refractivity contribution in [3.05, 3.63) is 88.4 Å². The van der Waals surface area contributed by atoms with E-state index in [0.29, 0.717) is 39.1 Å². The van der Waals surface area contributed by atoms with E-state index in [2.05, 4.69) is 134 Å². The summed E-state index contributed by atoms with van der Waals surface area (Å²) in [6, 6.07) is 20.7. The summed E-state index contributed by atoms with van der Waals surface area (Å²) in [4.78, 5) is 6.02. The topological polar surface area (TPSA) is 135 Å². The molecule has 2 aromatic carbocycles. The van der Waals surface area contributed by atoms with Gasteiger partial charge in [0.1, 0.15) is 6.79 Å². The van der Waals surface area contributed by atoms with Crippen LogP contribution in [0.15, 0.2) is 72.2 Å². The number of thiazole rings is 1. The highest BCUT2D eigenvalue weighted by Gasteiger charge is 2.20. The van der Waals surface area contributed by atoms with Gasteiger partial charge in [-0.2, -0.15) is 8.78 Å². The number of halogens is 6. The maximum atomic E-state index is 11.2. The number of aromatic nitrogens is 1. The molecule has 0 radical (unpaired) electrons. The van der Waals surface area contributed by atoms with Gasteiger partial charge in [-0.3, -0.25) is 9.19 Å². The van der Waals surface area contributed by atoms with Crippen LogP contribution in [0.3, 0.4) is 0 Å². The Kier molecular flexibility index (Phi) is 133. The van der Waals surface area contributed by atoms with Gasteiger partial charge in [0.05, 0.1) is 43.2 Å². The summed E-state index contributed by atoms with van der Waals surface area (Å²) in [7, 11) is 21.3. The highest BCUT2D eigenvalue weighted by molar-refractivity contribution is 7.98. The fourth-order valence-electron chi connectivity index (χ4n) is 2.93. The molecule has 0 N–H and O–H groups in total. The fraction of sp³-hybridized carbons (Fsp3) is 0.775. The van der Waals surface area contributed by atoms with Crippen LogP contribution in [-0.4, -0.2) is 208 Å². The normalized spacial score (nSPS) is 11.1. The lowest BCUT2D eigenvalue weighted by molar-refractivity contribution is -0.205. The van der Waals surface area contributed by atoms with Crippen molar-refractivity contribution < 1.29 is 82.7 Å². The van der Waals surface area contributed by atoms with Gasteiger partial charge in [-0.1, -0.05) is 135 Å². The van der Waals surface area contributed by atoms with E-state index >= 15 is 0 Å². The lowest BCUT2D eigenvalue weighted by Crippen LogP contribution is -2.16. The number of aryl methyl sites for hydroxylation is 3. The molecule has 2 aliphatic carbocycles. The monoisotopic (exact) mass is 1400 g/mol. The Hall–Kier alpha value is -2.81. The molecule has 14 nitrogen and oxygen atoms in total. The Morgan fingerprint density at radius 1 is 0.634 bits per heavy atom. The van der Waals surface area contributed by atoms with E-state index in [9.17, 15) is 30.6 Å². The standard InChI is InChI=1S/C8H10.C7H8.C5H13NO.C5H10O.C4H5NS.C4H10O2.C4H8O.C4H10O.2C4H10.C3H6F2O.C3H6F2.C3H7FO.C3H7F.C3H8O2.C3H8OS.C2H6O.2CH4/c1-2-8-6-4-3-5-7-8;1-7-5-3-2-4-6-7;1-6(2)4-5-7-3;1-6-4-5-2-3-5;1-4-5-2-3-6-4;1-5-3-4-6-2;1-5-4-2-3-4;1-4(2)5-3;1-4(2)3;1-3-4-2;1-3(4,5)6-2;1-3(2,4)5;1-3(4)5-2;1-3(2)4;1-4-3-5-2;1-5(2,3)4;1-3-2;;/h3-7H,2H2,1H3;2-6H,1H3;4-5H2,1-3H3;5H,2-4H2,1H3;2-3H,1H3;3-4H2,1-2H3;4H,2-3H2,1H3;4H,1-3H3;4H,1-3H3;3-4H2,1-2H3;1-2H3;1-2H3;3H,1-2H3;3H,1-2H3;3H2,1-2H3;1H2,2-3H3;1-2H3;2*1H4. The molecule has 3 aromatic rings. The number of ether oxygens (including phenoxy) is 11. The molecule has 0 aliphatic heterocycles. The van der Waals surface area contributed by atoms with Gasteiger partial charge in [0, 0.05) is 129 Å². The molecule has 1 unspecified atom stereocenters. The second kappa shape index (κ2) is 100. The lowest BCUT2D eigenvalue weighted by Gasteiger charge is -2.06. The minimum absolute atomic E-state index is 0. The maximum Gasteiger partial charge on any atom is 0.352 e. The minimum atomic E-state index is -2.96. The molecule has 2 aliphatic rings. The lowest BCUT2D eigenvalue weighted by atomic mass is 10.2. The van der Waals surface area contributed by atoms with Crippen molar-refractivity contribution in [1.29, 1.82) is 0 Å². The number of hydrogen-bond acceptors (Lipinski definition) is 15. The average molecular weight is 1400 g/mol. The van der Waals surface area contributed by atoms with Crippen LogP contribution in [-0.2, 0) is 68.0 Å². The maximum absolute atomic E-state index is 11.2. The molecule has 0 amide bonds. The third-order valence-corrected chi connectivity index (χ3v) is 8.53. The zero-order valence-corrected chi connectivity index (χ0v) is 65.3. The van der Waals surface area contributed by atoms with E-state index in [1.807, 2.05) is 64.5 Å². The molecule has 22 heteroatoms. The van der Waals surface area contributed by atoms with Crippen LogP contribution in [0.1, 0.15) is 166 Å². The van der Waals surface area contributed by atoms with Crippen molar-refractivity contribution in [3.8, 4) is 0 Å². The average Bonchev–Trinajstić information content (AvgIpc) is 4.07. The van der Waals surface area contributed by atoms with Crippen LogP contribution in [0.5, 0.6) is 0 Å². The summed E-state index contributed by atoms with van der Waals surface area (Å²) >= 11 is 1.67. The molecule has 2 saturated carbocycles. The van der Waals surface area contributed by atoms with Crippen molar-refractivity contribution in [3.63, 3.8) is 0 Å². The van der Waals surface area contributed by atoms with Crippen molar-refractivity contribution in [2.24, 2.45) is 11.8 Å². The first-order valence-electron chi connectivity index (χ1n) is 30.4. The molecular formula is C71H150F6N2O12S2. The second-order valence-electron chi connectivity index (χ2n) is 21.3. The fourth-order valence-corrected chi connectivity index (χ4v) is 3.37. The molecule has 5 rings (SSSR count). The number of rotatable bonds is 16. The predicted molar refractivity (Wildman–Crippen MR) is 396 cm³/mol. The molecule has 1 heterocycles. The Morgan fingerprint density at radius 2 is 0.957 bits per heavy atom. The third-order valence-electron chi connectivity index (χ3n) is 7.83. The Morgan fingerprint density at radius 3 is 1.04 bits per heavy atom. The van der Waals surface area contributed by atoms with Gasteiger partial charge >= 0.3 is 6.11 Å². The van der Waals surface area contributed by atoms with Gasteiger partial charge < -0.3 is 57.0 Å². The van der Waals surface area contributed by atoms with E-state index in [1.165, 1.54) is 77.5 Å². The predicted octanol–water partition coefficient (Wildman–Crippen LogP) is 19.5. The first kappa shape index (κ1) is 124. The number of benzene rings is 2. The van der Waals surface area contributed by atoms with Gasteiger partial charge in [-0.15, -0.1) is 11.3 Å². The van der Waals surface area contributed by atoms with Gasteiger partial charge in [0.15, 0.2) is 6.36 Å². The van der Waals surface area contributed by atoms with E-state index in [1.54, 1.807) is 101 Å². The van der Waals surface area contributed by atoms with Crippen LogP contribution >= 0.6 is 11.3 Å². The molecule has 0 bridgehead atoms. The number of unbranched alkanes of at least 4 members (excludes halogenated alkanes) is 1. The van der Waals surface area contributed by atoms with E-state index in [0.717, 1.165) is 64.0 Å². The molecule has 93 heavy (non-hydrogen) atoms. The zero-order chi connectivity index (χ0) is 74.1. The minimum Gasteiger partial charge on any atom is -0.388 e. The third kappa shape index (κ3) is 269. The molecule has 1 atom stereocenters.